The van der Waals surface area contributed by atoms with E-state index in [9.17, 15) is 9.90 Å². The summed E-state index contributed by atoms with van der Waals surface area (Å²) in [6.07, 6.45) is 2.64. The minimum absolute atomic E-state index is 0.111. The first-order valence-electron chi connectivity index (χ1n) is 5.66. The van der Waals surface area contributed by atoms with E-state index >= 15 is 0 Å². The van der Waals surface area contributed by atoms with Gasteiger partial charge in [0.15, 0.2) is 0 Å². The molecule has 1 aliphatic rings. The number of carbonyl (C=O) groups excluding carboxylic acids is 1. The Hall–Kier alpha value is -1.35. The van der Waals surface area contributed by atoms with E-state index in [1.807, 2.05) is 19.1 Å². The van der Waals surface area contributed by atoms with Crippen LogP contribution in [-0.2, 0) is 0 Å². The number of amides is 1. The number of hydrogen-bond acceptors (Lipinski definition) is 2. The van der Waals surface area contributed by atoms with Crippen molar-refractivity contribution in [2.24, 2.45) is 0 Å². The molecule has 86 valence electrons. The summed E-state index contributed by atoms with van der Waals surface area (Å²) in [4.78, 5) is 11.7. The van der Waals surface area contributed by atoms with Crippen LogP contribution in [0.3, 0.4) is 0 Å². The van der Waals surface area contributed by atoms with Crippen molar-refractivity contribution in [2.75, 3.05) is 6.54 Å². The number of rotatable bonds is 3. The number of benzene rings is 1. The Kier molecular flexibility index (Phi) is 2.97. The van der Waals surface area contributed by atoms with Crippen LogP contribution in [0.1, 0.15) is 35.2 Å². The highest BCUT2D eigenvalue weighted by molar-refractivity contribution is 5.94. The van der Waals surface area contributed by atoms with Crippen LogP contribution in [0.5, 0.6) is 0 Å². The zero-order valence-corrected chi connectivity index (χ0v) is 9.49. The van der Waals surface area contributed by atoms with Crippen LogP contribution in [0, 0.1) is 6.92 Å². The lowest BCUT2D eigenvalue weighted by Crippen LogP contribution is -2.47. The summed E-state index contributed by atoms with van der Waals surface area (Å²) in [5, 5.41) is 12.6. The van der Waals surface area contributed by atoms with E-state index in [-0.39, 0.29) is 5.91 Å². The van der Waals surface area contributed by atoms with Gasteiger partial charge in [0.2, 0.25) is 0 Å². The maximum Gasteiger partial charge on any atom is 0.251 e. The number of nitrogens with one attached hydrogen (secondary N) is 1. The molecule has 0 saturated heterocycles. The van der Waals surface area contributed by atoms with Gasteiger partial charge in [-0.1, -0.05) is 17.7 Å². The number of aryl methyl sites for hydroxylation is 1. The maximum atomic E-state index is 11.7. The molecule has 2 rings (SSSR count). The van der Waals surface area contributed by atoms with Crippen molar-refractivity contribution in [3.8, 4) is 0 Å². The van der Waals surface area contributed by atoms with Gasteiger partial charge in [-0.2, -0.15) is 0 Å². The van der Waals surface area contributed by atoms with Crippen LogP contribution in [0.25, 0.3) is 0 Å². The molecule has 1 saturated carbocycles. The van der Waals surface area contributed by atoms with Gasteiger partial charge in [0.1, 0.15) is 0 Å². The molecule has 0 unspecified atom stereocenters. The Morgan fingerprint density at radius 2 is 2.00 bits per heavy atom. The number of hydrogen-bond donors (Lipinski definition) is 2. The summed E-state index contributed by atoms with van der Waals surface area (Å²) >= 11 is 0. The van der Waals surface area contributed by atoms with Crippen LogP contribution in [0.15, 0.2) is 24.3 Å². The fraction of sp³-hybridized carbons (Fsp3) is 0.462. The molecule has 0 aliphatic heterocycles. The maximum absolute atomic E-state index is 11.7. The molecule has 16 heavy (non-hydrogen) atoms. The molecule has 3 heteroatoms. The van der Waals surface area contributed by atoms with E-state index in [4.69, 9.17) is 0 Å². The highest BCUT2D eigenvalue weighted by Gasteiger charge is 2.34. The minimum atomic E-state index is -0.652. The Balaban J connectivity index is 1.90. The van der Waals surface area contributed by atoms with Crippen LogP contribution in [-0.4, -0.2) is 23.2 Å². The molecule has 0 atom stereocenters. The summed E-state index contributed by atoms with van der Waals surface area (Å²) in [6.45, 7) is 2.35. The van der Waals surface area contributed by atoms with E-state index in [0.29, 0.717) is 12.1 Å². The van der Waals surface area contributed by atoms with Crippen LogP contribution < -0.4 is 5.32 Å². The molecule has 1 aromatic carbocycles. The van der Waals surface area contributed by atoms with Crippen LogP contribution >= 0.6 is 0 Å². The molecule has 0 spiro atoms. The third-order valence-corrected chi connectivity index (χ3v) is 3.18. The van der Waals surface area contributed by atoms with Gasteiger partial charge >= 0.3 is 0 Å². The van der Waals surface area contributed by atoms with E-state index in [1.165, 1.54) is 0 Å². The summed E-state index contributed by atoms with van der Waals surface area (Å²) in [7, 11) is 0. The largest absolute Gasteiger partial charge is 0.388 e. The van der Waals surface area contributed by atoms with E-state index in [2.05, 4.69) is 5.32 Å². The van der Waals surface area contributed by atoms with Crippen molar-refractivity contribution in [2.45, 2.75) is 31.8 Å². The molecule has 0 aromatic heterocycles. The predicted octanol–water partition coefficient (Wildman–Crippen LogP) is 1.64. The SMILES string of the molecule is Cc1ccc(C(=O)NCC2(O)CCC2)cc1. The monoisotopic (exact) mass is 219 g/mol. The van der Waals surface area contributed by atoms with E-state index in [0.717, 1.165) is 24.8 Å². The Labute approximate surface area is 95.5 Å². The van der Waals surface area contributed by atoms with Crippen molar-refractivity contribution >= 4 is 5.91 Å². The Morgan fingerprint density at radius 1 is 1.38 bits per heavy atom. The second kappa shape index (κ2) is 4.26. The molecule has 0 heterocycles. The Morgan fingerprint density at radius 3 is 2.50 bits per heavy atom. The first-order valence-corrected chi connectivity index (χ1v) is 5.66. The first kappa shape index (κ1) is 11.1. The standard InChI is InChI=1S/C13H17NO2/c1-10-3-5-11(6-4-10)12(15)14-9-13(16)7-2-8-13/h3-6,16H,2,7-9H2,1H3,(H,14,15). The van der Waals surface area contributed by atoms with Gasteiger partial charge < -0.3 is 10.4 Å². The lowest BCUT2D eigenvalue weighted by molar-refractivity contribution is -0.0300. The summed E-state index contributed by atoms with van der Waals surface area (Å²) in [6, 6.07) is 7.42. The minimum Gasteiger partial charge on any atom is -0.388 e. The van der Waals surface area contributed by atoms with Crippen molar-refractivity contribution in [1.29, 1.82) is 0 Å². The van der Waals surface area contributed by atoms with Crippen molar-refractivity contribution < 1.29 is 9.90 Å². The lowest BCUT2D eigenvalue weighted by Gasteiger charge is -2.36. The van der Waals surface area contributed by atoms with Gasteiger partial charge in [0.05, 0.1) is 5.60 Å². The van der Waals surface area contributed by atoms with Crippen molar-refractivity contribution in [1.82, 2.24) is 5.32 Å². The number of carbonyl (C=O) groups is 1. The van der Waals surface area contributed by atoms with Crippen molar-refractivity contribution in [3.63, 3.8) is 0 Å². The van der Waals surface area contributed by atoms with Gasteiger partial charge in [-0.15, -0.1) is 0 Å². The second-order valence-electron chi connectivity index (χ2n) is 4.63. The van der Waals surface area contributed by atoms with Gasteiger partial charge in [-0.3, -0.25) is 4.79 Å². The summed E-state index contributed by atoms with van der Waals surface area (Å²) < 4.78 is 0. The Bertz CT molecular complexity index is 379. The highest BCUT2D eigenvalue weighted by Crippen LogP contribution is 2.30. The number of aliphatic hydroxyl groups is 1. The quantitative estimate of drug-likeness (QED) is 0.812. The second-order valence-corrected chi connectivity index (χ2v) is 4.63. The average Bonchev–Trinajstić information content (AvgIpc) is 2.24. The molecule has 2 N–H and O–H groups in total. The molecule has 0 radical (unpaired) electrons. The summed E-state index contributed by atoms with van der Waals surface area (Å²) in [5.74, 6) is -0.111. The fourth-order valence-electron chi connectivity index (χ4n) is 1.81. The van der Waals surface area contributed by atoms with Crippen LogP contribution in [0.4, 0.5) is 0 Å². The molecule has 1 fully saturated rings. The zero-order valence-electron chi connectivity index (χ0n) is 9.49. The molecule has 0 bridgehead atoms. The van der Waals surface area contributed by atoms with Gasteiger partial charge in [-0.25, -0.2) is 0 Å². The third-order valence-electron chi connectivity index (χ3n) is 3.18. The van der Waals surface area contributed by atoms with Crippen LogP contribution in [0.2, 0.25) is 0 Å². The normalized spacial score (nSPS) is 17.6. The lowest BCUT2D eigenvalue weighted by atomic mass is 9.80. The topological polar surface area (TPSA) is 49.3 Å². The third kappa shape index (κ3) is 2.42. The van der Waals surface area contributed by atoms with E-state index < -0.39 is 5.60 Å². The van der Waals surface area contributed by atoms with Gasteiger partial charge in [0.25, 0.3) is 5.91 Å². The molecule has 1 aliphatic carbocycles. The van der Waals surface area contributed by atoms with Crippen molar-refractivity contribution in [3.05, 3.63) is 35.4 Å². The molecule has 3 nitrogen and oxygen atoms in total. The molecule has 1 aromatic rings. The van der Waals surface area contributed by atoms with Gasteiger partial charge in [-0.05, 0) is 38.3 Å². The molecular weight excluding hydrogens is 202 g/mol. The zero-order chi connectivity index (χ0) is 11.6. The molecule has 1 amide bonds. The molecular formula is C13H17NO2. The average molecular weight is 219 g/mol. The fourth-order valence-corrected chi connectivity index (χ4v) is 1.81. The highest BCUT2D eigenvalue weighted by atomic mass is 16.3. The summed E-state index contributed by atoms with van der Waals surface area (Å²) in [5.41, 5.74) is 1.13. The van der Waals surface area contributed by atoms with E-state index in [1.54, 1.807) is 12.1 Å². The predicted molar refractivity (Wildman–Crippen MR) is 62.3 cm³/mol. The van der Waals surface area contributed by atoms with Gasteiger partial charge in [0, 0.05) is 12.1 Å². The first-order chi connectivity index (χ1) is 7.59. The smallest absolute Gasteiger partial charge is 0.251 e.